The maximum absolute atomic E-state index is 6.83. The van der Waals surface area contributed by atoms with Gasteiger partial charge in [-0.15, -0.1) is 45.3 Å². The van der Waals surface area contributed by atoms with Crippen LogP contribution in [0.4, 0.5) is 0 Å². The van der Waals surface area contributed by atoms with Crippen LogP contribution in [-0.4, -0.2) is 0 Å². The third-order valence-corrected chi connectivity index (χ3v) is 34.2. The zero-order valence-electron chi connectivity index (χ0n) is 72.5. The lowest BCUT2D eigenvalue weighted by molar-refractivity contribution is 0.669. The van der Waals surface area contributed by atoms with Gasteiger partial charge in [0, 0.05) is 168 Å². The Hall–Kier alpha value is -16.6. The van der Waals surface area contributed by atoms with Crippen molar-refractivity contribution in [3.63, 3.8) is 0 Å². The molecule has 0 saturated heterocycles. The fourth-order valence-electron chi connectivity index (χ4n) is 23.4. The topological polar surface area (TPSA) is 52.6 Å². The van der Waals surface area contributed by atoms with Crippen LogP contribution in [0, 0.1) is 0 Å². The lowest BCUT2D eigenvalue weighted by Crippen LogP contribution is -1.95. The van der Waals surface area contributed by atoms with Crippen molar-refractivity contribution >= 4 is 278 Å². The van der Waals surface area contributed by atoms with E-state index in [1.807, 2.05) is 69.6 Å². The quantitative estimate of drug-likeness (QED) is 0.142. The summed E-state index contributed by atoms with van der Waals surface area (Å²) in [6, 6.07) is 152. The van der Waals surface area contributed by atoms with Crippen molar-refractivity contribution in [3.05, 3.63) is 413 Å². The summed E-state index contributed by atoms with van der Waals surface area (Å²) in [6.07, 6.45) is 0. The molecule has 0 aliphatic rings. The van der Waals surface area contributed by atoms with Crippen LogP contribution in [0.15, 0.2) is 430 Å². The number of benzene rings is 24. The highest BCUT2D eigenvalue weighted by atomic mass is 32.1. The second-order valence-electron chi connectivity index (χ2n) is 36.3. The van der Waals surface area contributed by atoms with E-state index in [2.05, 4.69) is 388 Å². The van der Waals surface area contributed by atoms with Crippen molar-refractivity contribution in [2.75, 3.05) is 0 Å². The van der Waals surface area contributed by atoms with E-state index in [4.69, 9.17) is 17.7 Å². The van der Waals surface area contributed by atoms with Crippen LogP contribution in [0.25, 0.3) is 322 Å². The molecule has 8 aromatic heterocycles. The molecule has 0 saturated carbocycles. The molecule has 24 aromatic carbocycles. The molecule has 0 radical (unpaired) electrons. The molecule has 0 amide bonds. The summed E-state index contributed by atoms with van der Waals surface area (Å²) in [5, 5.41) is 34.0. The van der Waals surface area contributed by atoms with Crippen molar-refractivity contribution in [1.82, 2.24) is 0 Å². The highest BCUT2D eigenvalue weighted by Crippen LogP contribution is 2.58. The van der Waals surface area contributed by atoms with Crippen LogP contribution >= 0.6 is 45.3 Å². The van der Waals surface area contributed by atoms with Gasteiger partial charge in [0.15, 0.2) is 0 Å². The largest absolute Gasteiger partial charge is 0.455 e. The minimum atomic E-state index is 0.867. The maximum atomic E-state index is 6.83. The van der Waals surface area contributed by atoms with Gasteiger partial charge in [0.2, 0.25) is 0 Å². The van der Waals surface area contributed by atoms with E-state index in [0.717, 1.165) is 154 Å². The van der Waals surface area contributed by atoms with E-state index in [-0.39, 0.29) is 0 Å². The van der Waals surface area contributed by atoms with E-state index in [0.29, 0.717) is 0 Å². The summed E-state index contributed by atoms with van der Waals surface area (Å²) in [5.74, 6) is 0. The molecule has 4 nitrogen and oxygen atoms in total. The highest BCUT2D eigenvalue weighted by molar-refractivity contribution is 7.27. The van der Waals surface area contributed by atoms with Crippen molar-refractivity contribution in [2.24, 2.45) is 0 Å². The summed E-state index contributed by atoms with van der Waals surface area (Å²) < 4.78 is 38.0. The fraction of sp³-hybridized carbons (Fsp3) is 0. The molecular formula is C128H68O4S4. The van der Waals surface area contributed by atoms with Gasteiger partial charge in [-0.3, -0.25) is 0 Å². The van der Waals surface area contributed by atoms with Crippen LogP contribution in [0.2, 0.25) is 0 Å². The molecule has 0 spiro atoms. The molecule has 0 bridgehead atoms. The van der Waals surface area contributed by atoms with Gasteiger partial charge in [0.05, 0.1) is 0 Å². The summed E-state index contributed by atoms with van der Waals surface area (Å²) in [5.41, 5.74) is 25.7. The molecule has 32 rings (SSSR count). The average Bonchev–Trinajstić information content (AvgIpc) is 1.15. The summed E-state index contributed by atoms with van der Waals surface area (Å²) in [7, 11) is 0. The van der Waals surface area contributed by atoms with E-state index >= 15 is 0 Å². The van der Waals surface area contributed by atoms with E-state index < -0.39 is 0 Å². The Balaban J connectivity index is 0.000000127. The summed E-state index contributed by atoms with van der Waals surface area (Å²) in [4.78, 5) is 0. The van der Waals surface area contributed by atoms with Crippen molar-refractivity contribution in [1.29, 1.82) is 0 Å². The Bertz CT molecular complexity index is 9020. The molecule has 0 aliphatic carbocycles. The normalized spacial score (nSPS) is 12.4. The molecule has 8 heterocycles. The van der Waals surface area contributed by atoms with Crippen LogP contribution in [0.1, 0.15) is 0 Å². The fourth-order valence-corrected chi connectivity index (χ4v) is 28.4. The Morgan fingerprint density at radius 2 is 0.287 bits per heavy atom. The SMILES string of the molecule is c1ccc2c(c1)oc1c(-c3cc(-c4cccc5c4oc4ccccc45)c4ccc5c(-c6cccc7c6oc6ccccc67)cc(-c6cccc7c6oc6ccccc67)c6ccc3c4c65)cccc12.c1ccc2c(c1)sc1c(-c3cc(-c4cccc5c4sc4ccccc45)c4ccc5c(-c6cccc7c6sc6ccccc67)cc(-c6cccc7c6sc6ccccc67)c6ccc3c4c65)cccc12. The molecular weight excluding hydrogens is 1730 g/mol. The minimum Gasteiger partial charge on any atom is -0.455 e. The first-order valence-electron chi connectivity index (χ1n) is 46.3. The minimum absolute atomic E-state index is 0.867. The number of furan rings is 4. The second kappa shape index (κ2) is 28.5. The Labute approximate surface area is 791 Å². The molecule has 8 heteroatoms. The Morgan fingerprint density at radius 1 is 0.118 bits per heavy atom. The molecule has 0 N–H and O–H groups in total. The van der Waals surface area contributed by atoms with E-state index in [1.165, 1.54) is 168 Å². The zero-order chi connectivity index (χ0) is 88.4. The van der Waals surface area contributed by atoms with Crippen molar-refractivity contribution in [2.45, 2.75) is 0 Å². The number of para-hydroxylation sites is 8. The predicted octanol–water partition coefficient (Wildman–Crippen LogP) is 39.6. The Morgan fingerprint density at radius 3 is 0.507 bits per heavy atom. The Kier molecular flexibility index (Phi) is 15.7. The molecule has 32 aromatic rings. The van der Waals surface area contributed by atoms with Gasteiger partial charge in [-0.1, -0.05) is 340 Å². The first-order valence-corrected chi connectivity index (χ1v) is 49.6. The third-order valence-electron chi connectivity index (χ3n) is 29.4. The van der Waals surface area contributed by atoms with Gasteiger partial charge in [0.25, 0.3) is 0 Å². The van der Waals surface area contributed by atoms with Crippen LogP contribution in [-0.2, 0) is 0 Å². The number of fused-ring (bicyclic) bond motifs is 24. The van der Waals surface area contributed by atoms with Crippen LogP contribution in [0.3, 0.4) is 0 Å². The van der Waals surface area contributed by atoms with Crippen molar-refractivity contribution in [3.8, 4) is 89.0 Å². The van der Waals surface area contributed by atoms with Gasteiger partial charge >= 0.3 is 0 Å². The van der Waals surface area contributed by atoms with Gasteiger partial charge in [-0.2, -0.15) is 0 Å². The second-order valence-corrected chi connectivity index (χ2v) is 40.5. The third kappa shape index (κ3) is 10.6. The first-order chi connectivity index (χ1) is 67.5. The van der Waals surface area contributed by atoms with Gasteiger partial charge in [-0.05, 0) is 182 Å². The van der Waals surface area contributed by atoms with Gasteiger partial charge in [-0.25, -0.2) is 0 Å². The molecule has 0 unspecified atom stereocenters. The molecule has 136 heavy (non-hydrogen) atoms. The van der Waals surface area contributed by atoms with Crippen LogP contribution < -0.4 is 0 Å². The van der Waals surface area contributed by atoms with Crippen molar-refractivity contribution < 1.29 is 17.7 Å². The number of hydrogen-bond donors (Lipinski definition) is 0. The van der Waals surface area contributed by atoms with E-state index in [9.17, 15) is 0 Å². The maximum Gasteiger partial charge on any atom is 0.143 e. The smallest absolute Gasteiger partial charge is 0.143 e. The standard InChI is InChI=1S/C64H34O4.C64H34S4/c2*1-5-25-55-35(13-1)43-17-9-21-47(61(43)65-55)51-33-52(48-22-10-18-44-36-14-2-6-26-56(36)66-62(44)48)40-31-32-42-54(50-24-12-20-46-38-16-4-8-28-58(38)68-64(46)50)34-53(41-30-29-39(51)59(40)60(41)42)49-23-11-19-45-37-15-3-7-27-57(37)67-63(45)49/h2*1-34H. The lowest BCUT2D eigenvalue weighted by atomic mass is 9.81. The van der Waals surface area contributed by atoms with Gasteiger partial charge in [0.1, 0.15) is 44.7 Å². The molecule has 628 valence electrons. The molecule has 0 fully saturated rings. The van der Waals surface area contributed by atoms with Crippen LogP contribution in [0.5, 0.6) is 0 Å². The van der Waals surface area contributed by atoms with Gasteiger partial charge < -0.3 is 17.7 Å². The average molecular weight is 1800 g/mol. The predicted molar refractivity (Wildman–Crippen MR) is 584 cm³/mol. The monoisotopic (exact) mass is 1800 g/mol. The van der Waals surface area contributed by atoms with E-state index in [1.54, 1.807) is 0 Å². The number of rotatable bonds is 8. The molecule has 0 aliphatic heterocycles. The number of hydrogen-bond acceptors (Lipinski definition) is 8. The first kappa shape index (κ1) is 75.0. The number of thiophene rings is 4. The summed E-state index contributed by atoms with van der Waals surface area (Å²) >= 11 is 7.68. The molecule has 0 atom stereocenters. The zero-order valence-corrected chi connectivity index (χ0v) is 75.8. The summed E-state index contributed by atoms with van der Waals surface area (Å²) in [6.45, 7) is 0. The highest BCUT2D eigenvalue weighted by Gasteiger charge is 2.31. The lowest BCUT2D eigenvalue weighted by Gasteiger charge is -2.22.